The first-order chi connectivity index (χ1) is 18.4. The molecular formula is C30H35N3O6. The van der Waals surface area contributed by atoms with Gasteiger partial charge in [0.05, 0.1) is 23.1 Å². The quantitative estimate of drug-likeness (QED) is 0.600. The summed E-state index contributed by atoms with van der Waals surface area (Å²) >= 11 is 0. The Morgan fingerprint density at radius 1 is 0.949 bits per heavy atom. The number of piperidine rings is 1. The van der Waals surface area contributed by atoms with Crippen molar-refractivity contribution >= 4 is 18.0 Å². The van der Waals surface area contributed by atoms with Crippen LogP contribution in [-0.4, -0.2) is 69.6 Å². The highest BCUT2D eigenvalue weighted by Crippen LogP contribution is 2.52. The summed E-state index contributed by atoms with van der Waals surface area (Å²) in [7, 11) is 0. The normalized spacial score (nSPS) is 24.9. The summed E-state index contributed by atoms with van der Waals surface area (Å²) in [4.78, 5) is 46.2. The Labute approximate surface area is 228 Å². The molecule has 1 atom stereocenters. The summed E-state index contributed by atoms with van der Waals surface area (Å²) in [5, 5.41) is 11.4. The number of benzene rings is 1. The topological polar surface area (TPSA) is 109 Å². The van der Waals surface area contributed by atoms with E-state index in [9.17, 15) is 19.5 Å². The maximum Gasteiger partial charge on any atom is 0.410 e. The van der Waals surface area contributed by atoms with E-state index in [0.717, 1.165) is 29.5 Å². The Hall–Kier alpha value is -3.46. The van der Waals surface area contributed by atoms with Crippen molar-refractivity contribution in [1.29, 1.82) is 0 Å². The number of nitrogens with zero attached hydrogens (tertiary/aromatic N) is 3. The third-order valence-corrected chi connectivity index (χ3v) is 8.72. The van der Waals surface area contributed by atoms with Crippen LogP contribution in [0.1, 0.15) is 79.9 Å². The Bertz CT molecular complexity index is 1320. The third-order valence-electron chi connectivity index (χ3n) is 8.72. The lowest BCUT2D eigenvalue weighted by Crippen LogP contribution is -2.46. The van der Waals surface area contributed by atoms with Crippen LogP contribution >= 0.6 is 0 Å². The van der Waals surface area contributed by atoms with Gasteiger partial charge in [0.2, 0.25) is 5.91 Å². The summed E-state index contributed by atoms with van der Waals surface area (Å²) < 4.78 is 11.3. The van der Waals surface area contributed by atoms with Crippen molar-refractivity contribution < 1.29 is 29.0 Å². The van der Waals surface area contributed by atoms with E-state index in [2.05, 4.69) is 4.98 Å². The monoisotopic (exact) mass is 533 g/mol. The fraction of sp³-hybridized carbons (Fsp3) is 0.533. The highest BCUT2D eigenvalue weighted by atomic mass is 16.6. The lowest BCUT2D eigenvalue weighted by atomic mass is 9.83. The molecule has 4 aliphatic rings. The minimum atomic E-state index is -1.03. The zero-order valence-corrected chi connectivity index (χ0v) is 22.7. The molecule has 2 amide bonds. The van der Waals surface area contributed by atoms with Crippen LogP contribution in [0.25, 0.3) is 0 Å². The zero-order valence-electron chi connectivity index (χ0n) is 22.7. The van der Waals surface area contributed by atoms with Crippen molar-refractivity contribution in [3.63, 3.8) is 0 Å². The molecule has 4 heterocycles. The van der Waals surface area contributed by atoms with Crippen LogP contribution in [0.2, 0.25) is 0 Å². The molecule has 1 saturated carbocycles. The average molecular weight is 534 g/mol. The Kier molecular flexibility index (Phi) is 5.81. The number of esters is 1. The molecule has 9 nitrogen and oxygen atoms in total. The largest absolute Gasteiger partial charge is 0.449 e. The lowest BCUT2D eigenvalue weighted by Gasteiger charge is -2.39. The molecular weight excluding hydrogens is 498 g/mol. The van der Waals surface area contributed by atoms with E-state index in [1.54, 1.807) is 11.1 Å². The van der Waals surface area contributed by atoms with Crippen LogP contribution in [0, 0.1) is 0 Å². The third kappa shape index (κ3) is 4.36. The van der Waals surface area contributed by atoms with E-state index in [0.29, 0.717) is 51.0 Å². The summed E-state index contributed by atoms with van der Waals surface area (Å²) in [6, 6.07) is 9.57. The smallest absolute Gasteiger partial charge is 0.410 e. The second kappa shape index (κ2) is 8.78. The molecule has 0 radical (unpaired) electrons. The molecule has 1 aromatic heterocycles. The highest BCUT2D eigenvalue weighted by Gasteiger charge is 2.58. The molecule has 2 saturated heterocycles. The molecule has 6 rings (SSSR count). The number of aromatic nitrogens is 1. The van der Waals surface area contributed by atoms with Gasteiger partial charge in [0.15, 0.2) is 5.60 Å². The Morgan fingerprint density at radius 3 is 2.23 bits per heavy atom. The van der Waals surface area contributed by atoms with E-state index in [4.69, 9.17) is 9.47 Å². The number of rotatable bonds is 3. The fourth-order valence-electron chi connectivity index (χ4n) is 6.33. The van der Waals surface area contributed by atoms with E-state index >= 15 is 0 Å². The van der Waals surface area contributed by atoms with E-state index in [1.807, 2.05) is 56.0 Å². The zero-order chi connectivity index (χ0) is 27.6. The summed E-state index contributed by atoms with van der Waals surface area (Å²) in [5.41, 5.74) is 0.0839. The van der Waals surface area contributed by atoms with Crippen molar-refractivity contribution in [2.45, 2.75) is 75.1 Å². The van der Waals surface area contributed by atoms with Gasteiger partial charge in [-0.15, -0.1) is 0 Å². The highest BCUT2D eigenvalue weighted by molar-refractivity contribution is 5.95. The number of pyridine rings is 1. The Balaban J connectivity index is 1.13. The molecule has 3 fully saturated rings. The van der Waals surface area contributed by atoms with Gasteiger partial charge in [-0.1, -0.05) is 24.3 Å². The van der Waals surface area contributed by atoms with Gasteiger partial charge >= 0.3 is 12.1 Å². The fourth-order valence-corrected chi connectivity index (χ4v) is 6.33. The molecule has 39 heavy (non-hydrogen) atoms. The van der Waals surface area contributed by atoms with Crippen LogP contribution in [0.3, 0.4) is 0 Å². The van der Waals surface area contributed by atoms with Gasteiger partial charge in [0.1, 0.15) is 5.60 Å². The van der Waals surface area contributed by atoms with Gasteiger partial charge in [-0.25, -0.2) is 9.59 Å². The second-order valence-corrected chi connectivity index (χ2v) is 12.4. The van der Waals surface area contributed by atoms with Gasteiger partial charge in [0.25, 0.3) is 0 Å². The summed E-state index contributed by atoms with van der Waals surface area (Å²) in [6.07, 6.45) is 5.79. The predicted octanol–water partition coefficient (Wildman–Crippen LogP) is 3.63. The number of likely N-dealkylation sites (tertiary alicyclic amines) is 2. The number of hydrogen-bond acceptors (Lipinski definition) is 7. The maximum atomic E-state index is 13.8. The molecule has 1 aliphatic carbocycles. The first-order valence-electron chi connectivity index (χ1n) is 13.7. The maximum absolute atomic E-state index is 13.8. The molecule has 1 spiro atoms. The Morgan fingerprint density at radius 2 is 1.59 bits per heavy atom. The molecule has 3 aliphatic heterocycles. The molecule has 1 aromatic carbocycles. The molecule has 1 N–H and O–H groups in total. The van der Waals surface area contributed by atoms with Gasteiger partial charge in [0, 0.05) is 44.0 Å². The predicted molar refractivity (Wildman–Crippen MR) is 141 cm³/mol. The number of hydrogen-bond donors (Lipinski definition) is 1. The van der Waals surface area contributed by atoms with Crippen LogP contribution < -0.4 is 0 Å². The van der Waals surface area contributed by atoms with Crippen LogP contribution in [0.4, 0.5) is 4.79 Å². The van der Waals surface area contributed by atoms with Crippen molar-refractivity contribution in [3.05, 3.63) is 65.0 Å². The molecule has 0 bridgehead atoms. The number of fused-ring (bicyclic) bond motifs is 2. The van der Waals surface area contributed by atoms with Gasteiger partial charge in [-0.3, -0.25) is 9.78 Å². The molecule has 206 valence electrons. The average Bonchev–Trinajstić information content (AvgIpc) is 3.54. The van der Waals surface area contributed by atoms with Crippen LogP contribution in [-0.2, 0) is 30.9 Å². The van der Waals surface area contributed by atoms with Crippen molar-refractivity contribution in [1.82, 2.24) is 14.8 Å². The van der Waals surface area contributed by atoms with Crippen LogP contribution in [0.15, 0.2) is 42.7 Å². The van der Waals surface area contributed by atoms with E-state index in [1.165, 1.54) is 6.20 Å². The van der Waals surface area contributed by atoms with Crippen molar-refractivity contribution in [2.75, 3.05) is 26.2 Å². The van der Waals surface area contributed by atoms with E-state index in [-0.39, 0.29) is 18.0 Å². The lowest BCUT2D eigenvalue weighted by molar-refractivity contribution is -0.134. The number of aliphatic hydroxyl groups is 1. The van der Waals surface area contributed by atoms with Crippen LogP contribution in [0.5, 0.6) is 0 Å². The minimum Gasteiger partial charge on any atom is -0.449 e. The number of carbonyl (C=O) groups excluding carboxylic acids is 3. The first kappa shape index (κ1) is 25.8. The molecule has 1 unspecified atom stereocenters. The number of amides is 2. The molecule has 2 aromatic rings. The summed E-state index contributed by atoms with van der Waals surface area (Å²) in [5.74, 6) is -0.311. The number of carbonyl (C=O) groups is 3. The van der Waals surface area contributed by atoms with Gasteiger partial charge < -0.3 is 24.4 Å². The van der Waals surface area contributed by atoms with Gasteiger partial charge in [-0.05, 0) is 63.6 Å². The molecule has 9 heteroatoms. The van der Waals surface area contributed by atoms with Crippen molar-refractivity contribution in [3.8, 4) is 0 Å². The number of ether oxygens (including phenoxy) is 2. The second-order valence-electron chi connectivity index (χ2n) is 12.4. The van der Waals surface area contributed by atoms with Gasteiger partial charge in [-0.2, -0.15) is 0 Å². The first-order valence-corrected chi connectivity index (χ1v) is 13.7. The summed E-state index contributed by atoms with van der Waals surface area (Å²) in [6.45, 7) is 7.22. The van der Waals surface area contributed by atoms with E-state index < -0.39 is 22.2 Å². The minimum absolute atomic E-state index is 0.0649. The van der Waals surface area contributed by atoms with Crippen molar-refractivity contribution in [2.24, 2.45) is 0 Å². The SMILES string of the molecule is CC(C)(C)OC(=O)N1CCC(O)(c2ccc(C3(C(=O)N4CCC5(C4)OC(=O)c4cnccc45)CC3)cc2)CC1. The standard InChI is InChI=1S/C30H35N3O6/c1-27(2,3)39-26(36)32-15-11-29(37,12-16-32)21-6-4-20(5-7-21)28(9-10-28)25(35)33-17-13-30(19-33)23-8-14-31-18-22(23)24(34)38-30/h4-8,14,18,37H,9-13,15-17,19H2,1-3H3.